The van der Waals surface area contributed by atoms with Crippen molar-refractivity contribution < 1.29 is 26.0 Å². The average molecular weight is 375 g/mol. The fraction of sp³-hybridized carbons (Fsp3) is 0.538. The molecule has 0 radical (unpaired) electrons. The molecule has 0 bridgehead atoms. The number of halogens is 5. The van der Waals surface area contributed by atoms with Gasteiger partial charge in [-0.25, -0.2) is 26.0 Å². The van der Waals surface area contributed by atoms with E-state index in [0.717, 1.165) is 17.1 Å². The highest BCUT2D eigenvalue weighted by Gasteiger charge is 2.46. The van der Waals surface area contributed by atoms with Gasteiger partial charge in [0.15, 0.2) is 28.2 Å². The van der Waals surface area contributed by atoms with Crippen molar-refractivity contribution in [1.29, 1.82) is 0 Å². The largest absolute Gasteiger partial charge is 0.327 e. The number of hydrogen-bond donors (Lipinski definition) is 1. The van der Waals surface area contributed by atoms with Crippen LogP contribution in [0.2, 0.25) is 0 Å². The maximum atomic E-state index is 13.7. The van der Waals surface area contributed by atoms with Crippen LogP contribution in [-0.2, 0) is 10.0 Å². The number of benzene rings is 1. The molecule has 3 unspecified atom stereocenters. The number of rotatable bonds is 2. The fourth-order valence-corrected chi connectivity index (χ4v) is 5.03. The summed E-state index contributed by atoms with van der Waals surface area (Å²) in [5, 5.41) is 0. The average Bonchev–Trinajstić information content (AvgIpc) is 3.00. The normalized spacial score (nSPS) is 27.8. The van der Waals surface area contributed by atoms with Crippen LogP contribution >= 0.6 is 12.4 Å². The lowest BCUT2D eigenvalue weighted by molar-refractivity contribution is 0.395. The monoisotopic (exact) mass is 374 g/mol. The van der Waals surface area contributed by atoms with Gasteiger partial charge in [0.25, 0.3) is 0 Å². The number of hydrogen-bond acceptors (Lipinski definition) is 3. The SMILES string of the molecule is Cl.NC1CCC2CN(S(=O)(=O)c3c(F)c(F)cc(F)c3F)CC12. The van der Waals surface area contributed by atoms with Crippen molar-refractivity contribution in [3.63, 3.8) is 0 Å². The van der Waals surface area contributed by atoms with Crippen LogP contribution in [0.4, 0.5) is 17.6 Å². The lowest BCUT2D eigenvalue weighted by atomic mass is 9.98. The quantitative estimate of drug-likeness (QED) is 0.636. The summed E-state index contributed by atoms with van der Waals surface area (Å²) >= 11 is 0. The molecule has 23 heavy (non-hydrogen) atoms. The highest BCUT2D eigenvalue weighted by Crippen LogP contribution is 2.40. The highest BCUT2D eigenvalue weighted by atomic mass is 35.5. The summed E-state index contributed by atoms with van der Waals surface area (Å²) in [5.74, 6) is -7.38. The summed E-state index contributed by atoms with van der Waals surface area (Å²) in [6.07, 6.45) is 1.49. The Hall–Kier alpha value is -0.900. The minimum absolute atomic E-state index is 0. The van der Waals surface area contributed by atoms with E-state index in [-0.39, 0.29) is 49.4 Å². The second-order valence-electron chi connectivity index (χ2n) is 5.78. The second kappa shape index (κ2) is 6.19. The van der Waals surface area contributed by atoms with E-state index in [9.17, 15) is 26.0 Å². The molecule has 10 heteroatoms. The first-order chi connectivity index (χ1) is 10.2. The molecule has 1 aliphatic heterocycles. The third-order valence-corrected chi connectivity index (χ3v) is 6.40. The van der Waals surface area contributed by atoms with E-state index < -0.39 is 38.2 Å². The smallest absolute Gasteiger partial charge is 0.249 e. The molecule has 1 aromatic rings. The Morgan fingerprint density at radius 3 is 2.13 bits per heavy atom. The van der Waals surface area contributed by atoms with Gasteiger partial charge in [0.05, 0.1) is 0 Å². The molecule has 130 valence electrons. The summed E-state index contributed by atoms with van der Waals surface area (Å²) < 4.78 is 79.6. The molecule has 0 amide bonds. The van der Waals surface area contributed by atoms with Crippen LogP contribution in [0.15, 0.2) is 11.0 Å². The predicted molar refractivity (Wildman–Crippen MR) is 76.5 cm³/mol. The maximum Gasteiger partial charge on any atom is 0.249 e. The van der Waals surface area contributed by atoms with Crippen molar-refractivity contribution in [1.82, 2.24) is 4.31 Å². The Bertz CT molecular complexity index is 705. The predicted octanol–water partition coefficient (Wildman–Crippen LogP) is 2.02. The molecule has 1 saturated heterocycles. The lowest BCUT2D eigenvalue weighted by Gasteiger charge is -2.19. The molecule has 0 spiro atoms. The van der Waals surface area contributed by atoms with Gasteiger partial charge in [-0.15, -0.1) is 12.4 Å². The highest BCUT2D eigenvalue weighted by molar-refractivity contribution is 7.89. The minimum atomic E-state index is -4.66. The molecule has 1 aromatic carbocycles. The molecular weight excluding hydrogens is 360 g/mol. The van der Waals surface area contributed by atoms with Crippen LogP contribution in [0, 0.1) is 35.1 Å². The van der Waals surface area contributed by atoms with Gasteiger partial charge in [-0.2, -0.15) is 4.31 Å². The Kier molecular flexibility index (Phi) is 4.97. The zero-order valence-electron chi connectivity index (χ0n) is 11.8. The number of nitrogens with zero attached hydrogens (tertiary/aromatic N) is 1. The van der Waals surface area contributed by atoms with Crippen molar-refractivity contribution in [3.05, 3.63) is 29.3 Å². The second-order valence-corrected chi connectivity index (χ2v) is 7.66. The number of sulfonamides is 1. The van der Waals surface area contributed by atoms with Crippen LogP contribution in [0.3, 0.4) is 0 Å². The summed E-state index contributed by atoms with van der Waals surface area (Å²) in [5.41, 5.74) is 5.88. The van der Waals surface area contributed by atoms with Gasteiger partial charge in [-0.1, -0.05) is 0 Å². The van der Waals surface area contributed by atoms with E-state index in [2.05, 4.69) is 0 Å². The molecule has 2 fully saturated rings. The number of nitrogens with two attached hydrogens (primary N) is 1. The first kappa shape index (κ1) is 18.4. The van der Waals surface area contributed by atoms with E-state index in [0.29, 0.717) is 0 Å². The third kappa shape index (κ3) is 2.84. The van der Waals surface area contributed by atoms with Crippen LogP contribution in [0.25, 0.3) is 0 Å². The molecule has 1 saturated carbocycles. The zero-order chi connectivity index (χ0) is 16.2. The standard InChI is InChI=1S/C13H14F4N2O2S.ClH/c14-8-3-9(15)12(17)13(11(8)16)22(20,21)19-4-6-1-2-10(18)7(6)5-19;/h3,6-7,10H,1-2,4-5,18H2;1H. The van der Waals surface area contributed by atoms with Crippen LogP contribution in [0.5, 0.6) is 0 Å². The maximum absolute atomic E-state index is 13.7. The van der Waals surface area contributed by atoms with Crippen molar-refractivity contribution >= 4 is 22.4 Å². The molecule has 3 atom stereocenters. The fourth-order valence-electron chi connectivity index (χ4n) is 3.37. The Morgan fingerprint density at radius 2 is 1.61 bits per heavy atom. The number of fused-ring (bicyclic) bond motifs is 1. The third-order valence-electron chi connectivity index (χ3n) is 4.55. The van der Waals surface area contributed by atoms with Gasteiger partial charge in [-0.05, 0) is 24.7 Å². The zero-order valence-corrected chi connectivity index (χ0v) is 13.4. The molecule has 3 rings (SSSR count). The van der Waals surface area contributed by atoms with Gasteiger partial charge in [-0.3, -0.25) is 0 Å². The molecular formula is C13H15ClF4N2O2S. The van der Waals surface area contributed by atoms with Gasteiger partial charge in [0.2, 0.25) is 10.0 Å². The lowest BCUT2D eigenvalue weighted by Crippen LogP contribution is -2.34. The molecule has 2 N–H and O–H groups in total. The van der Waals surface area contributed by atoms with Crippen LogP contribution in [0.1, 0.15) is 12.8 Å². The molecule has 4 nitrogen and oxygen atoms in total. The first-order valence-corrected chi connectivity index (χ1v) is 8.26. The van der Waals surface area contributed by atoms with E-state index in [1.807, 2.05) is 0 Å². The Balaban J connectivity index is 0.00000192. The van der Waals surface area contributed by atoms with Crippen LogP contribution < -0.4 is 5.73 Å². The summed E-state index contributed by atoms with van der Waals surface area (Å²) in [6, 6.07) is -0.192. The van der Waals surface area contributed by atoms with Gasteiger partial charge in [0, 0.05) is 25.2 Å². The van der Waals surface area contributed by atoms with Gasteiger partial charge < -0.3 is 5.73 Å². The first-order valence-electron chi connectivity index (χ1n) is 6.82. The van der Waals surface area contributed by atoms with Crippen LogP contribution in [-0.4, -0.2) is 31.9 Å². The summed E-state index contributed by atoms with van der Waals surface area (Å²) in [7, 11) is -4.66. The van der Waals surface area contributed by atoms with Crippen molar-refractivity contribution in [2.24, 2.45) is 17.6 Å². The van der Waals surface area contributed by atoms with Crippen molar-refractivity contribution in [2.45, 2.75) is 23.8 Å². The molecule has 1 heterocycles. The van der Waals surface area contributed by atoms with Gasteiger partial charge >= 0.3 is 0 Å². The molecule has 0 aromatic heterocycles. The summed E-state index contributed by atoms with van der Waals surface area (Å²) in [4.78, 5) is -1.57. The Labute approximate surface area is 137 Å². The van der Waals surface area contributed by atoms with E-state index >= 15 is 0 Å². The minimum Gasteiger partial charge on any atom is -0.327 e. The van der Waals surface area contributed by atoms with Crippen molar-refractivity contribution in [2.75, 3.05) is 13.1 Å². The molecule has 1 aliphatic carbocycles. The topological polar surface area (TPSA) is 63.4 Å². The summed E-state index contributed by atoms with van der Waals surface area (Å²) in [6.45, 7) is 0.0584. The van der Waals surface area contributed by atoms with E-state index in [4.69, 9.17) is 5.73 Å². The Morgan fingerprint density at radius 1 is 1.04 bits per heavy atom. The van der Waals surface area contributed by atoms with E-state index in [1.54, 1.807) is 0 Å². The van der Waals surface area contributed by atoms with Crippen molar-refractivity contribution in [3.8, 4) is 0 Å². The van der Waals surface area contributed by atoms with E-state index in [1.165, 1.54) is 0 Å². The van der Waals surface area contributed by atoms with Gasteiger partial charge in [0.1, 0.15) is 0 Å². The molecule has 2 aliphatic rings.